The van der Waals surface area contributed by atoms with Crippen molar-refractivity contribution >= 4 is 23.4 Å². The molecule has 8 heteroatoms. The Morgan fingerprint density at radius 2 is 1.64 bits per heavy atom. The molecule has 1 heterocycles. The van der Waals surface area contributed by atoms with E-state index in [4.69, 9.17) is 9.47 Å². The molecule has 0 atom stereocenters. The van der Waals surface area contributed by atoms with Crippen molar-refractivity contribution in [3.8, 4) is 28.6 Å². The van der Waals surface area contributed by atoms with Gasteiger partial charge < -0.3 is 14.8 Å². The van der Waals surface area contributed by atoms with Gasteiger partial charge in [-0.1, -0.05) is 54.2 Å². The SMILES string of the molecule is CCOc1ccccc1NC(=O)CSc1nnc(-c2ccccc2OC)n1-c1ccccc1. The van der Waals surface area contributed by atoms with Crippen LogP contribution in [-0.2, 0) is 4.79 Å². The van der Waals surface area contributed by atoms with Crippen molar-refractivity contribution in [1.82, 2.24) is 14.8 Å². The average molecular weight is 461 g/mol. The molecule has 1 amide bonds. The van der Waals surface area contributed by atoms with E-state index in [0.29, 0.717) is 34.8 Å². The van der Waals surface area contributed by atoms with E-state index in [-0.39, 0.29) is 11.7 Å². The van der Waals surface area contributed by atoms with Gasteiger partial charge in [-0.2, -0.15) is 0 Å². The molecule has 0 unspecified atom stereocenters. The third kappa shape index (κ3) is 5.18. The van der Waals surface area contributed by atoms with Gasteiger partial charge >= 0.3 is 0 Å². The monoisotopic (exact) mass is 460 g/mol. The summed E-state index contributed by atoms with van der Waals surface area (Å²) in [5.74, 6) is 1.99. The Bertz CT molecular complexity index is 1230. The second-order valence-electron chi connectivity index (χ2n) is 6.94. The molecule has 0 spiro atoms. The molecule has 33 heavy (non-hydrogen) atoms. The van der Waals surface area contributed by atoms with Crippen LogP contribution in [0.5, 0.6) is 11.5 Å². The van der Waals surface area contributed by atoms with E-state index in [0.717, 1.165) is 11.3 Å². The summed E-state index contributed by atoms with van der Waals surface area (Å²) in [4.78, 5) is 12.7. The van der Waals surface area contributed by atoms with Crippen LogP contribution >= 0.6 is 11.8 Å². The molecule has 0 aliphatic rings. The number of hydrogen-bond acceptors (Lipinski definition) is 6. The van der Waals surface area contributed by atoms with E-state index in [1.807, 2.05) is 90.4 Å². The highest BCUT2D eigenvalue weighted by Crippen LogP contribution is 2.33. The highest BCUT2D eigenvalue weighted by Gasteiger charge is 2.20. The van der Waals surface area contributed by atoms with Gasteiger partial charge in [-0.15, -0.1) is 10.2 Å². The molecule has 1 N–H and O–H groups in total. The Balaban J connectivity index is 1.60. The maximum atomic E-state index is 12.7. The van der Waals surface area contributed by atoms with Crippen LogP contribution in [-0.4, -0.2) is 40.1 Å². The second kappa shape index (κ2) is 10.7. The van der Waals surface area contributed by atoms with Crippen LogP contribution in [0, 0.1) is 0 Å². The Morgan fingerprint density at radius 3 is 2.39 bits per heavy atom. The zero-order chi connectivity index (χ0) is 23.0. The number of nitrogens with one attached hydrogen (secondary N) is 1. The first-order valence-corrected chi connectivity index (χ1v) is 11.5. The Labute approximate surface area is 196 Å². The van der Waals surface area contributed by atoms with Crippen molar-refractivity contribution in [2.45, 2.75) is 12.1 Å². The molecule has 0 bridgehead atoms. The maximum Gasteiger partial charge on any atom is 0.234 e. The number of methoxy groups -OCH3 is 1. The van der Waals surface area contributed by atoms with Crippen molar-refractivity contribution in [2.24, 2.45) is 0 Å². The molecular formula is C25H24N4O3S. The largest absolute Gasteiger partial charge is 0.496 e. The predicted molar refractivity (Wildman–Crippen MR) is 130 cm³/mol. The van der Waals surface area contributed by atoms with E-state index in [9.17, 15) is 4.79 Å². The summed E-state index contributed by atoms with van der Waals surface area (Å²) in [6, 6.07) is 24.8. The van der Waals surface area contributed by atoms with Crippen molar-refractivity contribution in [1.29, 1.82) is 0 Å². The van der Waals surface area contributed by atoms with Crippen LogP contribution in [0.25, 0.3) is 17.1 Å². The van der Waals surface area contributed by atoms with Gasteiger partial charge in [-0.3, -0.25) is 9.36 Å². The van der Waals surface area contributed by atoms with Gasteiger partial charge in [0, 0.05) is 5.69 Å². The average Bonchev–Trinajstić information content (AvgIpc) is 3.28. The van der Waals surface area contributed by atoms with Gasteiger partial charge in [-0.25, -0.2) is 0 Å². The number of ether oxygens (including phenoxy) is 2. The lowest BCUT2D eigenvalue weighted by molar-refractivity contribution is -0.113. The summed E-state index contributed by atoms with van der Waals surface area (Å²) in [6.07, 6.45) is 0. The molecule has 168 valence electrons. The molecule has 4 aromatic rings. The lowest BCUT2D eigenvalue weighted by atomic mass is 10.2. The minimum absolute atomic E-state index is 0.159. The topological polar surface area (TPSA) is 78.3 Å². The third-order valence-corrected chi connectivity index (χ3v) is 5.72. The van der Waals surface area contributed by atoms with Gasteiger partial charge in [0.1, 0.15) is 11.5 Å². The molecule has 4 rings (SSSR count). The summed E-state index contributed by atoms with van der Waals surface area (Å²) >= 11 is 1.31. The maximum absolute atomic E-state index is 12.7. The fourth-order valence-corrected chi connectivity index (χ4v) is 4.10. The van der Waals surface area contributed by atoms with E-state index in [1.54, 1.807) is 7.11 Å². The Kier molecular flexibility index (Phi) is 7.26. The van der Waals surface area contributed by atoms with Crippen LogP contribution in [0.4, 0.5) is 5.69 Å². The molecule has 3 aromatic carbocycles. The zero-order valence-electron chi connectivity index (χ0n) is 18.4. The number of hydrogen-bond donors (Lipinski definition) is 1. The number of aromatic nitrogens is 3. The third-order valence-electron chi connectivity index (χ3n) is 4.79. The number of carbonyl (C=O) groups excluding carboxylic acids is 1. The van der Waals surface area contributed by atoms with E-state index >= 15 is 0 Å². The van der Waals surface area contributed by atoms with Crippen LogP contribution < -0.4 is 14.8 Å². The predicted octanol–water partition coefficient (Wildman–Crippen LogP) is 5.07. The Hall–Kier alpha value is -3.78. The summed E-state index contributed by atoms with van der Waals surface area (Å²) in [6.45, 7) is 2.43. The van der Waals surface area contributed by atoms with Gasteiger partial charge in [0.2, 0.25) is 5.91 Å². The van der Waals surface area contributed by atoms with Gasteiger partial charge in [0.25, 0.3) is 0 Å². The molecule has 0 aliphatic heterocycles. The first kappa shape index (κ1) is 22.4. The van der Waals surface area contributed by atoms with Crippen LogP contribution in [0.1, 0.15) is 6.92 Å². The highest BCUT2D eigenvalue weighted by atomic mass is 32.2. The van der Waals surface area contributed by atoms with Crippen molar-refractivity contribution in [2.75, 3.05) is 24.8 Å². The van der Waals surface area contributed by atoms with Gasteiger partial charge in [-0.05, 0) is 43.3 Å². The lowest BCUT2D eigenvalue weighted by Gasteiger charge is -2.13. The molecule has 0 radical (unpaired) electrons. The molecule has 0 aliphatic carbocycles. The molecule has 0 saturated heterocycles. The summed E-state index contributed by atoms with van der Waals surface area (Å²) in [5.41, 5.74) is 2.36. The first-order chi connectivity index (χ1) is 16.2. The first-order valence-electron chi connectivity index (χ1n) is 10.5. The molecule has 7 nitrogen and oxygen atoms in total. The number of carbonyl (C=O) groups is 1. The lowest BCUT2D eigenvalue weighted by Crippen LogP contribution is -2.15. The molecule has 1 aromatic heterocycles. The van der Waals surface area contributed by atoms with Crippen LogP contribution in [0.3, 0.4) is 0 Å². The van der Waals surface area contributed by atoms with Crippen molar-refractivity contribution in [3.05, 3.63) is 78.9 Å². The van der Waals surface area contributed by atoms with Crippen molar-refractivity contribution in [3.63, 3.8) is 0 Å². The fraction of sp³-hybridized carbons (Fsp3) is 0.160. The minimum atomic E-state index is -0.159. The smallest absolute Gasteiger partial charge is 0.234 e. The quantitative estimate of drug-likeness (QED) is 0.351. The summed E-state index contributed by atoms with van der Waals surface area (Å²) in [5, 5.41) is 12.3. The Morgan fingerprint density at radius 1 is 0.939 bits per heavy atom. The van der Waals surface area contributed by atoms with E-state index < -0.39 is 0 Å². The molecular weight excluding hydrogens is 436 g/mol. The minimum Gasteiger partial charge on any atom is -0.496 e. The normalized spacial score (nSPS) is 10.6. The van der Waals surface area contributed by atoms with E-state index in [2.05, 4.69) is 15.5 Å². The summed E-state index contributed by atoms with van der Waals surface area (Å²) < 4.78 is 13.1. The number of amides is 1. The van der Waals surface area contributed by atoms with Crippen LogP contribution in [0.2, 0.25) is 0 Å². The standard InChI is InChI=1S/C25H24N4O3S/c1-3-32-22-16-10-8-14-20(22)26-23(30)17-33-25-28-27-24(19-13-7-9-15-21(19)31-2)29(25)18-11-5-4-6-12-18/h4-16H,3,17H2,1-2H3,(H,26,30). The highest BCUT2D eigenvalue weighted by molar-refractivity contribution is 7.99. The number of rotatable bonds is 9. The van der Waals surface area contributed by atoms with Gasteiger partial charge in [0.05, 0.1) is 30.7 Å². The number of benzene rings is 3. The van der Waals surface area contributed by atoms with E-state index in [1.165, 1.54) is 11.8 Å². The zero-order valence-corrected chi connectivity index (χ0v) is 19.2. The van der Waals surface area contributed by atoms with Gasteiger partial charge in [0.15, 0.2) is 11.0 Å². The molecule has 0 saturated carbocycles. The molecule has 0 fully saturated rings. The summed E-state index contributed by atoms with van der Waals surface area (Å²) in [7, 11) is 1.63. The van der Waals surface area contributed by atoms with Crippen molar-refractivity contribution < 1.29 is 14.3 Å². The number of nitrogens with zero attached hydrogens (tertiary/aromatic N) is 3. The van der Waals surface area contributed by atoms with Crippen LogP contribution in [0.15, 0.2) is 84.0 Å². The number of thioether (sulfide) groups is 1. The fourth-order valence-electron chi connectivity index (χ4n) is 3.34. The number of anilines is 1. The second-order valence-corrected chi connectivity index (χ2v) is 7.89. The number of para-hydroxylation sites is 4.